The molecule has 5 aliphatic heterocycles. The number of halogens is 4. The van der Waals surface area contributed by atoms with Gasteiger partial charge in [-0.3, -0.25) is 4.59 Å². The molecule has 1 N–H and O–H groups in total. The third-order valence-electron chi connectivity index (χ3n) is 6.90. The van der Waals surface area contributed by atoms with Crippen LogP contribution in [0.1, 0.15) is 51.4 Å². The summed E-state index contributed by atoms with van der Waals surface area (Å²) in [4.78, 5) is 0. The number of H-pyrrole nitrogens is 1. The van der Waals surface area contributed by atoms with Gasteiger partial charge in [0.25, 0.3) is 5.82 Å². The molecule has 0 saturated carbocycles. The molecule has 4 saturated heterocycles. The van der Waals surface area contributed by atoms with Crippen molar-refractivity contribution >= 4 is 13.9 Å². The average Bonchev–Trinajstić information content (AvgIpc) is 3.93. The maximum Gasteiger partial charge on any atom is 1.00 e. The molecule has 9 rings (SSSR count). The van der Waals surface area contributed by atoms with E-state index in [2.05, 4.69) is 62.1 Å². The minimum absolute atomic E-state index is 0. The smallest absolute Gasteiger partial charge is 0.435 e. The van der Waals surface area contributed by atoms with Crippen molar-refractivity contribution in [2.45, 2.75) is 51.4 Å². The summed E-state index contributed by atoms with van der Waals surface area (Å²) in [5.41, 5.74) is 0. The Labute approximate surface area is 295 Å². The van der Waals surface area contributed by atoms with E-state index in [9.17, 15) is 17.3 Å². The molecular weight excluding hydrogens is 640 g/mol. The standard InChI is InChI=1S/C4B2F4N16.4C4H8O.2Li/c7-5(8)23-1(11-15-19-23)2-12-16-20-24(2)6(9,10)26-4(14-18-22-26)3-13-17-21-25(3)5;4*1-2-4-5-3-1;;/h;4*1-4H2;;/q-2;;;;;2*+1/p+1. The molecule has 9 heterocycles. The Balaban J connectivity index is 0.000000229. The fraction of sp³-hybridized carbons (Fsp3) is 0.800. The first-order valence-corrected chi connectivity index (χ1v) is 15.0. The largest absolute Gasteiger partial charge is 1.00 e. The predicted molar refractivity (Wildman–Crippen MR) is 146 cm³/mol. The zero-order valence-corrected chi connectivity index (χ0v) is 26.8. The van der Waals surface area contributed by atoms with Crippen LogP contribution in [0.2, 0.25) is 0 Å². The quantitative estimate of drug-likeness (QED) is 0.125. The summed E-state index contributed by atoms with van der Waals surface area (Å²) in [5, 5.41) is 37.2. The first-order chi connectivity index (χ1) is 22.4. The second-order valence-electron chi connectivity index (χ2n) is 10.3. The van der Waals surface area contributed by atoms with Gasteiger partial charge in [-0.05, 0) is 67.0 Å². The molecule has 0 radical (unpaired) electrons. The van der Waals surface area contributed by atoms with E-state index in [1.165, 1.54) is 51.4 Å². The maximum atomic E-state index is 15.0. The van der Waals surface area contributed by atoms with E-state index in [1.54, 1.807) is 0 Å². The molecule has 20 nitrogen and oxygen atoms in total. The summed E-state index contributed by atoms with van der Waals surface area (Å²) in [5.74, 6) is -3.13. The van der Waals surface area contributed by atoms with Crippen LogP contribution in [0.3, 0.4) is 0 Å². The third-order valence-corrected chi connectivity index (χ3v) is 6.90. The molecule has 5 aliphatic rings. The molecule has 4 fully saturated rings. The van der Waals surface area contributed by atoms with Crippen LogP contribution in [0.25, 0.3) is 23.3 Å². The number of hydrogen-bond donors (Lipinski definition) is 0. The molecule has 0 amide bonds. The van der Waals surface area contributed by atoms with Crippen molar-refractivity contribution in [3.63, 3.8) is 0 Å². The molecule has 0 aliphatic carbocycles. The van der Waals surface area contributed by atoms with Crippen molar-refractivity contribution in [3.8, 4) is 23.3 Å². The molecule has 0 spiro atoms. The van der Waals surface area contributed by atoms with Gasteiger partial charge in [-0.1, -0.05) is 15.6 Å². The van der Waals surface area contributed by atoms with Crippen molar-refractivity contribution in [2.24, 2.45) is 0 Å². The van der Waals surface area contributed by atoms with Gasteiger partial charge in [0.1, 0.15) is 10.4 Å². The van der Waals surface area contributed by atoms with Crippen LogP contribution in [0.15, 0.2) is 0 Å². The second kappa shape index (κ2) is 19.4. The Morgan fingerprint density at radius 1 is 0.458 bits per heavy atom. The molecule has 48 heavy (non-hydrogen) atoms. The molecule has 0 aromatic carbocycles. The van der Waals surface area contributed by atoms with Crippen LogP contribution in [0.4, 0.5) is 17.3 Å². The Bertz CT molecular complexity index is 1240. The predicted octanol–water partition coefficient (Wildman–Crippen LogP) is -6.56. The minimum atomic E-state index is -4.90. The Hall–Kier alpha value is -2.84. The van der Waals surface area contributed by atoms with Crippen molar-refractivity contribution in [1.29, 1.82) is 0 Å². The van der Waals surface area contributed by atoms with Crippen LogP contribution in [0, 0.1) is 0 Å². The first-order valence-electron chi connectivity index (χ1n) is 15.0. The summed E-state index contributed by atoms with van der Waals surface area (Å²) < 4.78 is 79.6. The molecule has 0 atom stereocenters. The number of ether oxygens (including phenoxy) is 4. The monoisotopic (exact) mass is 673 g/mol. The van der Waals surface area contributed by atoms with Crippen LogP contribution >= 0.6 is 0 Å². The fourth-order valence-corrected chi connectivity index (χ4v) is 4.49. The number of nitrogens with one attached hydrogen (secondary N) is 1. The topological polar surface area (TPSA) is 213 Å². The zero-order chi connectivity index (χ0) is 32.2. The second-order valence-corrected chi connectivity index (χ2v) is 10.3. The molecule has 4 aromatic rings. The van der Waals surface area contributed by atoms with E-state index in [0.717, 1.165) is 52.9 Å². The molecule has 0 bridgehead atoms. The number of nitrogens with zero attached hydrogens (tertiary/aromatic N) is 15. The van der Waals surface area contributed by atoms with E-state index in [-0.39, 0.29) is 56.1 Å². The van der Waals surface area contributed by atoms with Crippen molar-refractivity contribution < 1.29 is 79.0 Å². The van der Waals surface area contributed by atoms with E-state index < -0.39 is 37.2 Å². The van der Waals surface area contributed by atoms with Crippen LogP contribution in [-0.2, 0) is 18.9 Å². The Morgan fingerprint density at radius 2 is 0.771 bits per heavy atom. The normalized spacial score (nSPS) is 19.2. The summed E-state index contributed by atoms with van der Waals surface area (Å²) >= 11 is 0. The third kappa shape index (κ3) is 9.65. The van der Waals surface area contributed by atoms with Gasteiger partial charge in [0.2, 0.25) is 5.82 Å². The molecule has 4 aromatic heterocycles. The summed E-state index contributed by atoms with van der Waals surface area (Å²) in [6.07, 6.45) is 10.2. The summed E-state index contributed by atoms with van der Waals surface area (Å²) in [6, 6.07) is 0. The van der Waals surface area contributed by atoms with Crippen molar-refractivity contribution in [1.82, 2.24) is 75.4 Å². The summed E-state index contributed by atoms with van der Waals surface area (Å²) in [6.45, 7) is -1.80. The van der Waals surface area contributed by atoms with Crippen molar-refractivity contribution in [2.75, 3.05) is 52.9 Å². The number of rotatable bonds is 0. The van der Waals surface area contributed by atoms with E-state index in [4.69, 9.17) is 18.9 Å². The first kappa shape index (κ1) is 39.6. The maximum absolute atomic E-state index is 15.0. The van der Waals surface area contributed by atoms with Crippen molar-refractivity contribution in [3.05, 3.63) is 0 Å². The number of aromatic amines is 1. The van der Waals surface area contributed by atoms with Gasteiger partial charge in [0, 0.05) is 52.9 Å². The number of fused-ring (bicyclic) bond motifs is 6. The van der Waals surface area contributed by atoms with Gasteiger partial charge >= 0.3 is 51.7 Å². The van der Waals surface area contributed by atoms with Gasteiger partial charge in [0.05, 0.1) is 0 Å². The SMILES string of the molecule is C1CCOC1.C1CCOC1.C1CCOC1.C1CCOC1.F[B-]1(F)n2nnnc2-c2nnnn2[B-](F)(F)n2nn[nH+]c2-c2nnnn21.[Li+].[Li+]. The average molecular weight is 673 g/mol. The van der Waals surface area contributed by atoms with Gasteiger partial charge in [0.15, 0.2) is 11.6 Å². The zero-order valence-electron chi connectivity index (χ0n) is 26.8. The van der Waals surface area contributed by atoms with Gasteiger partial charge in [-0.15, -0.1) is 20.4 Å². The van der Waals surface area contributed by atoms with Crippen LogP contribution in [0.5, 0.6) is 0 Å². The Kier molecular flexibility index (Phi) is 16.0. The van der Waals surface area contributed by atoms with Gasteiger partial charge < -0.3 is 45.4 Å². The van der Waals surface area contributed by atoms with E-state index in [0.29, 0.717) is 0 Å². The van der Waals surface area contributed by atoms with Gasteiger partial charge in [-0.25, -0.2) is 0 Å². The van der Waals surface area contributed by atoms with Gasteiger partial charge in [-0.2, -0.15) is 4.59 Å². The molecule has 28 heteroatoms. The number of hydrogen-bond acceptors (Lipinski definition) is 15. The molecule has 0 unspecified atom stereocenters. The van der Waals surface area contributed by atoms with Crippen LogP contribution < -0.4 is 42.8 Å². The number of aromatic nitrogens is 16. The van der Waals surface area contributed by atoms with Crippen LogP contribution in [-0.4, -0.2) is 142 Å². The summed E-state index contributed by atoms with van der Waals surface area (Å²) in [7, 11) is 0. The van der Waals surface area contributed by atoms with E-state index in [1.807, 2.05) is 0 Å². The van der Waals surface area contributed by atoms with E-state index >= 15 is 0 Å². The fourth-order valence-electron chi connectivity index (χ4n) is 4.49. The minimum Gasteiger partial charge on any atom is -0.435 e. The number of tetrazole rings is 4. The Morgan fingerprint density at radius 3 is 1.10 bits per heavy atom. The molecule has 252 valence electrons. The molecular formula is C20H33B2F4Li2N16O4+.